The second-order valence-electron chi connectivity index (χ2n) is 5.52. The molecular weight excluding hydrogens is 244 g/mol. The molecule has 3 rings (SSSR count). The summed E-state index contributed by atoms with van der Waals surface area (Å²) >= 11 is 0. The van der Waals surface area contributed by atoms with Gasteiger partial charge in [-0.2, -0.15) is 0 Å². The number of fused-ring (bicyclic) bond motifs is 1. The highest BCUT2D eigenvalue weighted by molar-refractivity contribution is 5.80. The third kappa shape index (κ3) is 2.60. The number of aryl methyl sites for hydroxylation is 1. The Hall–Kier alpha value is -2.09. The van der Waals surface area contributed by atoms with Crippen LogP contribution < -0.4 is 4.90 Å². The predicted molar refractivity (Wildman–Crippen MR) is 85.9 cm³/mol. The van der Waals surface area contributed by atoms with Crippen LogP contribution in [0.15, 0.2) is 53.5 Å². The summed E-state index contributed by atoms with van der Waals surface area (Å²) in [5.41, 5.74) is 5.24. The van der Waals surface area contributed by atoms with E-state index in [0.717, 1.165) is 12.8 Å². The number of aliphatic imine (C=N–C) groups is 1. The molecule has 0 aromatic heterocycles. The van der Waals surface area contributed by atoms with Crippen molar-refractivity contribution in [3.63, 3.8) is 0 Å². The third-order valence-electron chi connectivity index (χ3n) is 3.91. The highest BCUT2D eigenvalue weighted by atomic mass is 15.1. The highest BCUT2D eigenvalue weighted by Gasteiger charge is 2.20. The van der Waals surface area contributed by atoms with Gasteiger partial charge in [0.25, 0.3) is 0 Å². The van der Waals surface area contributed by atoms with Crippen LogP contribution >= 0.6 is 0 Å². The fraction of sp³-hybridized carbons (Fsp3) is 0.278. The van der Waals surface area contributed by atoms with Gasteiger partial charge in [-0.05, 0) is 41.7 Å². The molecule has 0 aliphatic heterocycles. The summed E-state index contributed by atoms with van der Waals surface area (Å²) in [5, 5.41) is 0. The molecule has 0 fully saturated rings. The van der Waals surface area contributed by atoms with Crippen molar-refractivity contribution in [2.45, 2.75) is 18.9 Å². The molecule has 2 heteroatoms. The molecule has 2 nitrogen and oxygen atoms in total. The zero-order valence-electron chi connectivity index (χ0n) is 12.1. The molecule has 1 aliphatic rings. The summed E-state index contributed by atoms with van der Waals surface area (Å²) in [5.74, 6) is 0. The van der Waals surface area contributed by atoms with E-state index in [-0.39, 0.29) is 0 Å². The Morgan fingerprint density at radius 2 is 1.80 bits per heavy atom. The minimum atomic E-state index is 0.333. The topological polar surface area (TPSA) is 15.6 Å². The first kappa shape index (κ1) is 12.9. The molecule has 0 radical (unpaired) electrons. The predicted octanol–water partition coefficient (Wildman–Crippen LogP) is 3.86. The van der Waals surface area contributed by atoms with Crippen molar-refractivity contribution >= 4 is 11.9 Å². The van der Waals surface area contributed by atoms with Crippen LogP contribution in [0.5, 0.6) is 0 Å². The van der Waals surface area contributed by atoms with E-state index in [0.29, 0.717) is 6.04 Å². The van der Waals surface area contributed by atoms with E-state index in [4.69, 9.17) is 4.99 Å². The average Bonchev–Trinajstić information content (AvgIpc) is 2.89. The molecule has 0 amide bonds. The molecule has 2 aromatic carbocycles. The van der Waals surface area contributed by atoms with Crippen LogP contribution in [0.1, 0.15) is 29.2 Å². The van der Waals surface area contributed by atoms with Crippen LogP contribution in [0.4, 0.5) is 5.69 Å². The largest absolute Gasteiger partial charge is 0.378 e. The van der Waals surface area contributed by atoms with E-state index in [1.54, 1.807) is 0 Å². The van der Waals surface area contributed by atoms with E-state index in [9.17, 15) is 0 Å². The first-order valence-corrected chi connectivity index (χ1v) is 7.12. The Morgan fingerprint density at radius 3 is 2.55 bits per heavy atom. The second kappa shape index (κ2) is 5.49. The van der Waals surface area contributed by atoms with Gasteiger partial charge in [0.05, 0.1) is 6.04 Å². The van der Waals surface area contributed by atoms with Crippen LogP contribution in [-0.2, 0) is 6.42 Å². The fourth-order valence-electron chi connectivity index (χ4n) is 2.72. The van der Waals surface area contributed by atoms with E-state index in [2.05, 4.69) is 67.5 Å². The molecule has 0 spiro atoms. The van der Waals surface area contributed by atoms with Crippen molar-refractivity contribution < 1.29 is 0 Å². The Balaban J connectivity index is 1.75. The summed E-state index contributed by atoms with van der Waals surface area (Å²) in [6.45, 7) is 0. The minimum Gasteiger partial charge on any atom is -0.378 e. The molecule has 0 unspecified atom stereocenters. The van der Waals surface area contributed by atoms with Crippen molar-refractivity contribution in [2.24, 2.45) is 4.99 Å². The summed E-state index contributed by atoms with van der Waals surface area (Å²) in [7, 11) is 4.11. The number of hydrogen-bond acceptors (Lipinski definition) is 2. The Kier molecular flexibility index (Phi) is 3.55. The Bertz CT molecular complexity index is 612. The van der Waals surface area contributed by atoms with Crippen LogP contribution in [0.3, 0.4) is 0 Å². The maximum Gasteiger partial charge on any atom is 0.0755 e. The van der Waals surface area contributed by atoms with Gasteiger partial charge in [-0.15, -0.1) is 0 Å². The smallest absolute Gasteiger partial charge is 0.0755 e. The van der Waals surface area contributed by atoms with Crippen molar-refractivity contribution in [1.29, 1.82) is 0 Å². The summed E-state index contributed by atoms with van der Waals surface area (Å²) in [6.07, 6.45) is 4.29. The number of rotatable bonds is 3. The first-order valence-electron chi connectivity index (χ1n) is 7.12. The van der Waals surface area contributed by atoms with Gasteiger partial charge in [-0.3, -0.25) is 4.99 Å². The Morgan fingerprint density at radius 1 is 1.05 bits per heavy atom. The SMILES string of the molecule is CN(C)c1ccc(C=N[C@H]2CCc3ccccc32)cc1. The van der Waals surface area contributed by atoms with Crippen molar-refractivity contribution in [3.8, 4) is 0 Å². The van der Waals surface area contributed by atoms with Crippen LogP contribution in [-0.4, -0.2) is 20.3 Å². The van der Waals surface area contributed by atoms with Gasteiger partial charge >= 0.3 is 0 Å². The first-order chi connectivity index (χ1) is 9.74. The average molecular weight is 264 g/mol. The van der Waals surface area contributed by atoms with Crippen LogP contribution in [0, 0.1) is 0 Å². The second-order valence-corrected chi connectivity index (χ2v) is 5.52. The Labute approximate surface area is 120 Å². The van der Waals surface area contributed by atoms with Gasteiger partial charge in [0.2, 0.25) is 0 Å². The number of benzene rings is 2. The lowest BCUT2D eigenvalue weighted by molar-refractivity contribution is 0.719. The maximum atomic E-state index is 4.77. The number of nitrogens with zero attached hydrogens (tertiary/aromatic N) is 2. The molecule has 0 heterocycles. The highest BCUT2D eigenvalue weighted by Crippen LogP contribution is 2.33. The maximum absolute atomic E-state index is 4.77. The quantitative estimate of drug-likeness (QED) is 0.769. The molecule has 1 aliphatic carbocycles. The fourth-order valence-corrected chi connectivity index (χ4v) is 2.72. The number of hydrogen-bond donors (Lipinski definition) is 0. The summed E-state index contributed by atoms with van der Waals surface area (Å²) < 4.78 is 0. The lowest BCUT2D eigenvalue weighted by Crippen LogP contribution is -2.08. The van der Waals surface area contributed by atoms with Crippen molar-refractivity contribution in [1.82, 2.24) is 0 Å². The monoisotopic (exact) mass is 264 g/mol. The van der Waals surface area contributed by atoms with Crippen LogP contribution in [0.25, 0.3) is 0 Å². The molecule has 0 saturated carbocycles. The molecule has 0 N–H and O–H groups in total. The van der Waals surface area contributed by atoms with Crippen LogP contribution in [0.2, 0.25) is 0 Å². The van der Waals surface area contributed by atoms with Gasteiger partial charge in [-0.25, -0.2) is 0 Å². The molecule has 20 heavy (non-hydrogen) atoms. The van der Waals surface area contributed by atoms with E-state index in [1.807, 2.05) is 6.21 Å². The molecule has 0 saturated heterocycles. The van der Waals surface area contributed by atoms with Gasteiger partial charge in [0, 0.05) is 26.0 Å². The van der Waals surface area contributed by atoms with E-state index < -0.39 is 0 Å². The van der Waals surface area contributed by atoms with Crippen molar-refractivity contribution in [2.75, 3.05) is 19.0 Å². The molecule has 1 atom stereocenters. The zero-order valence-corrected chi connectivity index (χ0v) is 12.1. The summed E-state index contributed by atoms with van der Waals surface area (Å²) in [4.78, 5) is 6.88. The third-order valence-corrected chi connectivity index (χ3v) is 3.91. The normalized spacial score (nSPS) is 17.4. The molecule has 0 bridgehead atoms. The lowest BCUT2D eigenvalue weighted by Gasteiger charge is -2.11. The van der Waals surface area contributed by atoms with E-state index in [1.165, 1.54) is 22.4 Å². The molecule has 102 valence electrons. The molecule has 2 aromatic rings. The molecular formula is C18H20N2. The van der Waals surface area contributed by atoms with Gasteiger partial charge in [0.1, 0.15) is 0 Å². The van der Waals surface area contributed by atoms with E-state index >= 15 is 0 Å². The van der Waals surface area contributed by atoms with Gasteiger partial charge < -0.3 is 4.90 Å². The standard InChI is InChI=1S/C18H20N2/c1-20(2)16-10-7-14(8-11-16)13-19-18-12-9-15-5-3-4-6-17(15)18/h3-8,10-11,13,18H,9,12H2,1-2H3/t18-/m0/s1. The number of anilines is 1. The van der Waals surface area contributed by atoms with Gasteiger partial charge in [-0.1, -0.05) is 36.4 Å². The summed E-state index contributed by atoms with van der Waals surface area (Å²) in [6, 6.07) is 17.5. The zero-order chi connectivity index (χ0) is 13.9. The van der Waals surface area contributed by atoms with Crippen molar-refractivity contribution in [3.05, 3.63) is 65.2 Å². The van der Waals surface area contributed by atoms with Gasteiger partial charge in [0.15, 0.2) is 0 Å². The lowest BCUT2D eigenvalue weighted by atomic mass is 10.1. The minimum absolute atomic E-state index is 0.333.